The van der Waals surface area contributed by atoms with Crippen LogP contribution in [0.3, 0.4) is 0 Å². The third-order valence-corrected chi connectivity index (χ3v) is 4.15. The molecule has 0 spiro atoms. The van der Waals surface area contributed by atoms with Crippen LogP contribution in [-0.4, -0.2) is 17.7 Å². The molecule has 1 aromatic heterocycles. The number of nitrogens with one attached hydrogen (secondary N) is 1. The molecule has 0 fully saturated rings. The highest BCUT2D eigenvalue weighted by atomic mass is 79.9. The summed E-state index contributed by atoms with van der Waals surface area (Å²) >= 11 is 4.84. The van der Waals surface area contributed by atoms with Gasteiger partial charge in [0, 0.05) is 21.8 Å². The van der Waals surface area contributed by atoms with Crippen molar-refractivity contribution in [3.63, 3.8) is 0 Å². The van der Waals surface area contributed by atoms with Gasteiger partial charge < -0.3 is 10.1 Å². The Morgan fingerprint density at radius 1 is 1.63 bits per heavy atom. The van der Waals surface area contributed by atoms with Gasteiger partial charge in [-0.05, 0) is 49.7 Å². The summed E-state index contributed by atoms with van der Waals surface area (Å²) in [6.07, 6.45) is 0.236. The summed E-state index contributed by atoms with van der Waals surface area (Å²) < 4.78 is 6.10. The van der Waals surface area contributed by atoms with Gasteiger partial charge in [-0.1, -0.05) is 0 Å². The standard InChI is InChI=1S/C13H17BrN2O2S/c1-8(16-12(17)18-13(2,3)4)5-11-10(14)6-9(7-15)19-11/h6,8H,5H2,1-4H3,(H,16,17)/t8-/m0/s1. The maximum atomic E-state index is 11.6. The number of alkyl carbamates (subject to hydrolysis) is 1. The fourth-order valence-corrected chi connectivity index (χ4v) is 3.20. The Balaban J connectivity index is 2.56. The van der Waals surface area contributed by atoms with Crippen molar-refractivity contribution in [1.29, 1.82) is 5.26 Å². The molecule has 1 atom stereocenters. The van der Waals surface area contributed by atoms with E-state index < -0.39 is 11.7 Å². The number of hydrogen-bond donors (Lipinski definition) is 1. The third-order valence-electron chi connectivity index (χ3n) is 2.12. The SMILES string of the molecule is C[C@@H](Cc1sc(C#N)cc1Br)NC(=O)OC(C)(C)C. The van der Waals surface area contributed by atoms with Gasteiger partial charge in [0.1, 0.15) is 16.5 Å². The summed E-state index contributed by atoms with van der Waals surface area (Å²) in [4.78, 5) is 13.3. The highest BCUT2D eigenvalue weighted by Crippen LogP contribution is 2.28. The van der Waals surface area contributed by atoms with Crippen molar-refractivity contribution in [2.24, 2.45) is 0 Å². The van der Waals surface area contributed by atoms with E-state index >= 15 is 0 Å². The molecule has 19 heavy (non-hydrogen) atoms. The molecular formula is C13H17BrN2O2S. The monoisotopic (exact) mass is 344 g/mol. The van der Waals surface area contributed by atoms with Gasteiger partial charge in [-0.15, -0.1) is 11.3 Å². The number of thiophene rings is 1. The molecule has 0 aliphatic carbocycles. The van der Waals surface area contributed by atoms with Gasteiger partial charge >= 0.3 is 6.09 Å². The Kier molecular flexibility index (Phi) is 5.39. The van der Waals surface area contributed by atoms with Crippen LogP contribution >= 0.6 is 27.3 Å². The van der Waals surface area contributed by atoms with Gasteiger partial charge in [-0.3, -0.25) is 0 Å². The van der Waals surface area contributed by atoms with E-state index in [1.165, 1.54) is 11.3 Å². The fraction of sp³-hybridized carbons (Fsp3) is 0.538. The van der Waals surface area contributed by atoms with Crippen molar-refractivity contribution in [3.8, 4) is 6.07 Å². The summed E-state index contributed by atoms with van der Waals surface area (Å²) in [7, 11) is 0. The topological polar surface area (TPSA) is 62.1 Å². The smallest absolute Gasteiger partial charge is 0.407 e. The zero-order chi connectivity index (χ0) is 14.6. The molecule has 0 bridgehead atoms. The van der Waals surface area contributed by atoms with E-state index in [2.05, 4.69) is 27.3 Å². The van der Waals surface area contributed by atoms with Gasteiger partial charge in [0.2, 0.25) is 0 Å². The second-order valence-corrected chi connectivity index (χ2v) is 7.24. The summed E-state index contributed by atoms with van der Waals surface area (Å²) in [5, 5.41) is 11.6. The molecule has 0 saturated heterocycles. The number of hydrogen-bond acceptors (Lipinski definition) is 4. The summed E-state index contributed by atoms with van der Waals surface area (Å²) in [6, 6.07) is 3.84. The van der Waals surface area contributed by atoms with Crippen LogP contribution in [-0.2, 0) is 11.2 Å². The number of carbonyl (C=O) groups is 1. The van der Waals surface area contributed by atoms with E-state index in [0.717, 1.165) is 9.35 Å². The second-order valence-electron chi connectivity index (χ2n) is 5.24. The third kappa shape index (κ3) is 5.62. The average molecular weight is 345 g/mol. The molecule has 0 aliphatic heterocycles. The number of ether oxygens (including phenoxy) is 1. The van der Waals surface area contributed by atoms with Gasteiger partial charge in [-0.2, -0.15) is 5.26 Å². The number of nitriles is 1. The molecule has 0 aromatic carbocycles. The van der Waals surface area contributed by atoms with Crippen LogP contribution in [0.15, 0.2) is 10.5 Å². The van der Waals surface area contributed by atoms with Crippen LogP contribution < -0.4 is 5.32 Å². The first-order valence-electron chi connectivity index (χ1n) is 5.89. The largest absolute Gasteiger partial charge is 0.444 e. The molecule has 0 saturated carbocycles. The Hall–Kier alpha value is -1.06. The average Bonchev–Trinajstić information content (AvgIpc) is 2.56. The van der Waals surface area contributed by atoms with E-state index in [4.69, 9.17) is 10.00 Å². The van der Waals surface area contributed by atoms with E-state index in [0.29, 0.717) is 11.3 Å². The molecule has 0 radical (unpaired) electrons. The highest BCUT2D eigenvalue weighted by Gasteiger charge is 2.18. The molecule has 1 heterocycles. The molecule has 6 heteroatoms. The highest BCUT2D eigenvalue weighted by molar-refractivity contribution is 9.10. The van der Waals surface area contributed by atoms with Crippen molar-refractivity contribution in [2.45, 2.75) is 45.8 Å². The lowest BCUT2D eigenvalue weighted by molar-refractivity contribution is 0.0508. The number of carbonyl (C=O) groups excluding carboxylic acids is 1. The molecule has 1 amide bonds. The Labute approximate surface area is 125 Å². The number of amides is 1. The maximum absolute atomic E-state index is 11.6. The Morgan fingerprint density at radius 2 is 2.26 bits per heavy atom. The van der Waals surface area contributed by atoms with Crippen LogP contribution in [0, 0.1) is 11.3 Å². The maximum Gasteiger partial charge on any atom is 0.407 e. The van der Waals surface area contributed by atoms with Gasteiger partial charge in [0.15, 0.2) is 0 Å². The van der Waals surface area contributed by atoms with Crippen molar-refractivity contribution < 1.29 is 9.53 Å². The van der Waals surface area contributed by atoms with Crippen molar-refractivity contribution >= 4 is 33.4 Å². The predicted octanol–water partition coefficient (Wildman–Crippen LogP) is 3.84. The molecule has 0 unspecified atom stereocenters. The predicted molar refractivity (Wildman–Crippen MR) is 79.3 cm³/mol. The first-order valence-corrected chi connectivity index (χ1v) is 7.50. The number of halogens is 1. The molecular weight excluding hydrogens is 328 g/mol. The van der Waals surface area contributed by atoms with Crippen LogP contribution in [0.1, 0.15) is 37.4 Å². The molecule has 1 rings (SSSR count). The number of nitrogens with zero attached hydrogens (tertiary/aromatic N) is 1. The van der Waals surface area contributed by atoms with Gasteiger partial charge in [-0.25, -0.2) is 4.79 Å². The first kappa shape index (κ1) is 16.0. The van der Waals surface area contributed by atoms with Crippen molar-refractivity contribution in [1.82, 2.24) is 5.32 Å². The lowest BCUT2D eigenvalue weighted by Gasteiger charge is -2.21. The van der Waals surface area contributed by atoms with E-state index in [-0.39, 0.29) is 6.04 Å². The van der Waals surface area contributed by atoms with Crippen LogP contribution in [0.2, 0.25) is 0 Å². The molecule has 1 N–H and O–H groups in total. The zero-order valence-electron chi connectivity index (χ0n) is 11.4. The van der Waals surface area contributed by atoms with Crippen molar-refractivity contribution in [3.05, 3.63) is 20.3 Å². The van der Waals surface area contributed by atoms with Gasteiger partial charge in [0.25, 0.3) is 0 Å². The van der Waals surface area contributed by atoms with Crippen molar-refractivity contribution in [2.75, 3.05) is 0 Å². The minimum absolute atomic E-state index is 0.0589. The molecule has 104 valence electrons. The molecule has 0 aliphatic rings. The quantitative estimate of drug-likeness (QED) is 0.905. The summed E-state index contributed by atoms with van der Waals surface area (Å²) in [6.45, 7) is 7.38. The minimum atomic E-state index is -0.499. The van der Waals surface area contributed by atoms with E-state index in [9.17, 15) is 4.79 Å². The fourth-order valence-electron chi connectivity index (χ4n) is 1.44. The molecule has 4 nitrogen and oxygen atoms in total. The Morgan fingerprint density at radius 3 is 2.74 bits per heavy atom. The summed E-state index contributed by atoms with van der Waals surface area (Å²) in [5.41, 5.74) is -0.499. The van der Waals surface area contributed by atoms with E-state index in [1.54, 1.807) is 6.07 Å². The first-order chi connectivity index (χ1) is 8.71. The van der Waals surface area contributed by atoms with Crippen LogP contribution in [0.25, 0.3) is 0 Å². The summed E-state index contributed by atoms with van der Waals surface area (Å²) in [5.74, 6) is 0. The Bertz CT molecular complexity index is 500. The molecule has 1 aromatic rings. The lowest BCUT2D eigenvalue weighted by Crippen LogP contribution is -2.38. The second kappa shape index (κ2) is 6.40. The number of rotatable bonds is 3. The van der Waals surface area contributed by atoms with Crippen LogP contribution in [0.5, 0.6) is 0 Å². The normalized spacial score (nSPS) is 12.6. The van der Waals surface area contributed by atoms with E-state index in [1.807, 2.05) is 27.7 Å². The van der Waals surface area contributed by atoms with Crippen LogP contribution in [0.4, 0.5) is 4.79 Å². The minimum Gasteiger partial charge on any atom is -0.444 e. The van der Waals surface area contributed by atoms with Gasteiger partial charge in [0.05, 0.1) is 0 Å². The zero-order valence-corrected chi connectivity index (χ0v) is 13.8. The lowest BCUT2D eigenvalue weighted by atomic mass is 10.2.